The van der Waals surface area contributed by atoms with E-state index in [1.54, 1.807) is 12.4 Å². The molecule has 2 aromatic rings. The Kier molecular flexibility index (Phi) is 2.96. The zero-order chi connectivity index (χ0) is 11.5. The number of nitrogens with one attached hydrogen (secondary N) is 1. The number of halogens is 2. The highest BCUT2D eigenvalue weighted by atomic mass is 19.1. The summed E-state index contributed by atoms with van der Waals surface area (Å²) in [5, 5.41) is 6.98. The van der Waals surface area contributed by atoms with Gasteiger partial charge < -0.3 is 5.32 Å². The van der Waals surface area contributed by atoms with Gasteiger partial charge in [-0.3, -0.25) is 0 Å². The van der Waals surface area contributed by atoms with E-state index >= 15 is 0 Å². The summed E-state index contributed by atoms with van der Waals surface area (Å²) < 4.78 is 27.5. The molecule has 1 heterocycles. The Balaban J connectivity index is 2.35. The summed E-state index contributed by atoms with van der Waals surface area (Å²) >= 11 is 0. The number of hydrogen-bond acceptors (Lipinski definition) is 2. The first-order chi connectivity index (χ1) is 7.70. The number of nitrogens with zero attached hydrogens (tertiary/aromatic N) is 2. The van der Waals surface area contributed by atoms with E-state index in [0.29, 0.717) is 6.54 Å². The molecule has 0 aliphatic carbocycles. The van der Waals surface area contributed by atoms with Crippen molar-refractivity contribution < 1.29 is 8.78 Å². The van der Waals surface area contributed by atoms with Crippen molar-refractivity contribution in [1.29, 1.82) is 0 Å². The van der Waals surface area contributed by atoms with Gasteiger partial charge in [0, 0.05) is 24.4 Å². The highest BCUT2D eigenvalue weighted by Gasteiger charge is 2.07. The molecule has 84 valence electrons. The van der Waals surface area contributed by atoms with Gasteiger partial charge in [0.25, 0.3) is 0 Å². The molecule has 0 unspecified atom stereocenters. The van der Waals surface area contributed by atoms with E-state index in [-0.39, 0.29) is 5.69 Å². The van der Waals surface area contributed by atoms with Crippen molar-refractivity contribution in [1.82, 2.24) is 15.1 Å². The van der Waals surface area contributed by atoms with Gasteiger partial charge in [-0.05, 0) is 19.2 Å². The second-order valence-electron chi connectivity index (χ2n) is 3.42. The van der Waals surface area contributed by atoms with Crippen LogP contribution in [0.4, 0.5) is 8.78 Å². The van der Waals surface area contributed by atoms with E-state index in [2.05, 4.69) is 10.4 Å². The van der Waals surface area contributed by atoms with Crippen LogP contribution in [-0.2, 0) is 6.54 Å². The molecule has 0 saturated carbocycles. The zero-order valence-electron chi connectivity index (χ0n) is 8.74. The van der Waals surface area contributed by atoms with Crippen molar-refractivity contribution in [3.05, 3.63) is 47.8 Å². The van der Waals surface area contributed by atoms with Crippen LogP contribution in [0.1, 0.15) is 5.56 Å². The first kappa shape index (κ1) is 10.8. The summed E-state index contributed by atoms with van der Waals surface area (Å²) in [7, 11) is 1.82. The average molecular weight is 223 g/mol. The molecule has 0 saturated heterocycles. The Morgan fingerprint density at radius 2 is 2.19 bits per heavy atom. The molecule has 0 aliphatic rings. The van der Waals surface area contributed by atoms with E-state index in [0.717, 1.165) is 11.6 Å². The lowest BCUT2D eigenvalue weighted by Gasteiger charge is -2.02. The van der Waals surface area contributed by atoms with E-state index in [1.165, 1.54) is 16.8 Å². The van der Waals surface area contributed by atoms with E-state index in [9.17, 15) is 8.78 Å². The van der Waals surface area contributed by atoms with Crippen molar-refractivity contribution in [2.45, 2.75) is 6.54 Å². The Bertz CT molecular complexity index is 494. The highest BCUT2D eigenvalue weighted by Crippen LogP contribution is 2.14. The fourth-order valence-corrected chi connectivity index (χ4v) is 1.45. The number of rotatable bonds is 3. The maximum Gasteiger partial charge on any atom is 0.151 e. The maximum absolute atomic E-state index is 13.4. The van der Waals surface area contributed by atoms with Crippen LogP contribution in [0.3, 0.4) is 0 Å². The molecule has 0 fully saturated rings. The minimum Gasteiger partial charge on any atom is -0.316 e. The van der Waals surface area contributed by atoms with Gasteiger partial charge in [0.2, 0.25) is 0 Å². The Morgan fingerprint density at radius 3 is 2.88 bits per heavy atom. The maximum atomic E-state index is 13.4. The Morgan fingerprint density at radius 1 is 1.38 bits per heavy atom. The topological polar surface area (TPSA) is 29.9 Å². The monoisotopic (exact) mass is 223 g/mol. The minimum atomic E-state index is -0.626. The lowest BCUT2D eigenvalue weighted by atomic mass is 10.3. The van der Waals surface area contributed by atoms with E-state index < -0.39 is 11.6 Å². The lowest BCUT2D eigenvalue weighted by Crippen LogP contribution is -2.04. The van der Waals surface area contributed by atoms with Gasteiger partial charge in [-0.25, -0.2) is 13.5 Å². The molecule has 0 aliphatic heterocycles. The third-order valence-corrected chi connectivity index (χ3v) is 2.17. The minimum absolute atomic E-state index is 0.240. The van der Waals surface area contributed by atoms with Gasteiger partial charge in [-0.1, -0.05) is 0 Å². The van der Waals surface area contributed by atoms with Gasteiger partial charge >= 0.3 is 0 Å². The van der Waals surface area contributed by atoms with Crippen LogP contribution in [-0.4, -0.2) is 16.8 Å². The summed E-state index contributed by atoms with van der Waals surface area (Å²) in [5.41, 5.74) is 1.18. The van der Waals surface area contributed by atoms with Crippen LogP contribution in [0.15, 0.2) is 30.6 Å². The molecule has 0 amide bonds. The summed E-state index contributed by atoms with van der Waals surface area (Å²) in [5.74, 6) is -1.22. The van der Waals surface area contributed by atoms with Crippen LogP contribution in [0.2, 0.25) is 0 Å². The smallest absolute Gasteiger partial charge is 0.151 e. The van der Waals surface area contributed by atoms with Crippen LogP contribution in [0.5, 0.6) is 0 Å². The van der Waals surface area contributed by atoms with Crippen LogP contribution in [0.25, 0.3) is 5.69 Å². The van der Waals surface area contributed by atoms with Crippen molar-refractivity contribution >= 4 is 0 Å². The van der Waals surface area contributed by atoms with Crippen molar-refractivity contribution in [2.24, 2.45) is 0 Å². The molecule has 5 heteroatoms. The molecule has 0 spiro atoms. The quantitative estimate of drug-likeness (QED) is 0.860. The molecular formula is C11H11F2N3. The summed E-state index contributed by atoms with van der Waals surface area (Å²) in [6.45, 7) is 0.656. The summed E-state index contributed by atoms with van der Waals surface area (Å²) in [4.78, 5) is 0. The predicted molar refractivity (Wildman–Crippen MR) is 56.2 cm³/mol. The van der Waals surface area contributed by atoms with Crippen molar-refractivity contribution in [3.63, 3.8) is 0 Å². The first-order valence-corrected chi connectivity index (χ1v) is 4.84. The molecule has 0 radical (unpaired) electrons. The van der Waals surface area contributed by atoms with E-state index in [1.807, 2.05) is 7.05 Å². The van der Waals surface area contributed by atoms with Crippen molar-refractivity contribution in [3.8, 4) is 5.69 Å². The molecule has 1 aromatic heterocycles. The van der Waals surface area contributed by atoms with Crippen LogP contribution in [0, 0.1) is 11.6 Å². The fraction of sp³-hybridized carbons (Fsp3) is 0.182. The Labute approximate surface area is 91.7 Å². The molecule has 1 aromatic carbocycles. The third-order valence-electron chi connectivity index (χ3n) is 2.17. The summed E-state index contributed by atoms with van der Waals surface area (Å²) in [6, 6.07) is 3.41. The van der Waals surface area contributed by atoms with Gasteiger partial charge in [0.05, 0.1) is 6.20 Å². The fourth-order valence-electron chi connectivity index (χ4n) is 1.45. The Hall–Kier alpha value is -1.75. The zero-order valence-corrected chi connectivity index (χ0v) is 8.74. The molecule has 0 bridgehead atoms. The SMILES string of the molecule is CNCc1cnn(-c2ccc(F)cc2F)c1. The summed E-state index contributed by atoms with van der Waals surface area (Å²) in [6.07, 6.45) is 3.34. The van der Waals surface area contributed by atoms with Gasteiger partial charge in [-0.15, -0.1) is 0 Å². The molecule has 2 rings (SSSR count). The van der Waals surface area contributed by atoms with Gasteiger partial charge in [0.1, 0.15) is 11.5 Å². The number of hydrogen-bond donors (Lipinski definition) is 1. The molecule has 1 N–H and O–H groups in total. The molecule has 16 heavy (non-hydrogen) atoms. The second-order valence-corrected chi connectivity index (χ2v) is 3.42. The average Bonchev–Trinajstić information content (AvgIpc) is 2.67. The van der Waals surface area contributed by atoms with Crippen LogP contribution >= 0.6 is 0 Å². The molecule has 3 nitrogen and oxygen atoms in total. The molecule has 0 atom stereocenters. The second kappa shape index (κ2) is 4.40. The first-order valence-electron chi connectivity index (χ1n) is 4.84. The van der Waals surface area contributed by atoms with Gasteiger partial charge in [-0.2, -0.15) is 5.10 Å². The van der Waals surface area contributed by atoms with E-state index in [4.69, 9.17) is 0 Å². The van der Waals surface area contributed by atoms with Crippen molar-refractivity contribution in [2.75, 3.05) is 7.05 Å². The van der Waals surface area contributed by atoms with Gasteiger partial charge in [0.15, 0.2) is 5.82 Å². The number of benzene rings is 1. The largest absolute Gasteiger partial charge is 0.316 e. The lowest BCUT2D eigenvalue weighted by molar-refractivity contribution is 0.573. The predicted octanol–water partition coefficient (Wildman–Crippen LogP) is 1.87. The highest BCUT2D eigenvalue weighted by molar-refractivity contribution is 5.33. The normalized spacial score (nSPS) is 10.7. The standard InChI is InChI=1S/C11H11F2N3/c1-14-5-8-6-15-16(7-8)11-3-2-9(12)4-10(11)13/h2-4,6-7,14H,5H2,1H3. The number of aromatic nitrogens is 2. The molecular weight excluding hydrogens is 212 g/mol. The third kappa shape index (κ3) is 2.09. The van der Waals surface area contributed by atoms with Crippen LogP contribution < -0.4 is 5.32 Å².